The minimum Gasteiger partial charge on any atom is -0.383 e. The number of hydrogen-bond acceptors (Lipinski definition) is 4. The van der Waals surface area contributed by atoms with Gasteiger partial charge in [0, 0.05) is 19.9 Å². The molecule has 90 valence electrons. The van der Waals surface area contributed by atoms with Crippen molar-refractivity contribution >= 4 is 11.5 Å². The minimum absolute atomic E-state index is 0.0316. The lowest BCUT2D eigenvalue weighted by Gasteiger charge is -2.11. The van der Waals surface area contributed by atoms with E-state index in [2.05, 4.69) is 10.3 Å². The van der Waals surface area contributed by atoms with Crippen LogP contribution in [0.2, 0.25) is 0 Å². The molecular weight excluding hydrogens is 223 g/mol. The highest BCUT2D eigenvalue weighted by Crippen LogP contribution is 2.31. The molecule has 0 spiro atoms. The molecule has 0 aliphatic heterocycles. The maximum absolute atomic E-state index is 12.4. The number of aromatic nitrogens is 1. The summed E-state index contributed by atoms with van der Waals surface area (Å²) in [6.07, 6.45) is -3.71. The van der Waals surface area contributed by atoms with Gasteiger partial charge in [-0.2, -0.15) is 13.2 Å². The highest BCUT2D eigenvalue weighted by molar-refractivity contribution is 5.62. The predicted octanol–water partition coefficient (Wildman–Crippen LogP) is 1.74. The summed E-state index contributed by atoms with van der Waals surface area (Å²) in [5.74, 6) is 0.0316. The van der Waals surface area contributed by atoms with Crippen LogP contribution in [0, 0.1) is 0 Å². The second-order valence-electron chi connectivity index (χ2n) is 3.07. The van der Waals surface area contributed by atoms with Gasteiger partial charge in [0.05, 0.1) is 17.9 Å². The third kappa shape index (κ3) is 3.27. The number of pyridine rings is 1. The summed E-state index contributed by atoms with van der Waals surface area (Å²) >= 11 is 0. The summed E-state index contributed by atoms with van der Waals surface area (Å²) in [6.45, 7) is 0.735. The summed E-state index contributed by atoms with van der Waals surface area (Å²) < 4.78 is 41.8. The number of nitrogens with two attached hydrogens (primary N) is 1. The fourth-order valence-corrected chi connectivity index (χ4v) is 1.06. The van der Waals surface area contributed by atoms with E-state index in [0.29, 0.717) is 19.3 Å². The Hall–Kier alpha value is -1.50. The molecule has 0 bridgehead atoms. The molecule has 0 fully saturated rings. The Labute approximate surface area is 90.6 Å². The quantitative estimate of drug-likeness (QED) is 0.780. The van der Waals surface area contributed by atoms with Crippen molar-refractivity contribution in [3.05, 3.63) is 17.8 Å². The fourth-order valence-electron chi connectivity index (χ4n) is 1.06. The van der Waals surface area contributed by atoms with Crippen LogP contribution < -0.4 is 11.1 Å². The van der Waals surface area contributed by atoms with E-state index < -0.39 is 11.7 Å². The third-order valence-electron chi connectivity index (χ3n) is 1.87. The van der Waals surface area contributed by atoms with E-state index in [1.807, 2.05) is 0 Å². The van der Waals surface area contributed by atoms with Gasteiger partial charge in [-0.15, -0.1) is 0 Å². The first kappa shape index (κ1) is 12.6. The maximum Gasteiger partial charge on any atom is 0.417 e. The first-order valence-corrected chi connectivity index (χ1v) is 4.50. The second kappa shape index (κ2) is 5.02. The van der Waals surface area contributed by atoms with Crippen molar-refractivity contribution in [1.29, 1.82) is 0 Å². The normalized spacial score (nSPS) is 11.5. The first-order valence-electron chi connectivity index (χ1n) is 4.50. The molecule has 4 nitrogen and oxygen atoms in total. The van der Waals surface area contributed by atoms with Crippen molar-refractivity contribution in [2.75, 3.05) is 31.3 Å². The van der Waals surface area contributed by atoms with Crippen LogP contribution in [0.1, 0.15) is 5.56 Å². The highest BCUT2D eigenvalue weighted by Gasteiger charge is 2.31. The molecule has 0 aliphatic carbocycles. The molecule has 1 aromatic heterocycles. The monoisotopic (exact) mass is 235 g/mol. The summed E-state index contributed by atoms with van der Waals surface area (Å²) in [4.78, 5) is 3.48. The zero-order valence-electron chi connectivity index (χ0n) is 8.64. The highest BCUT2D eigenvalue weighted by atomic mass is 19.4. The number of alkyl halides is 3. The van der Waals surface area contributed by atoms with E-state index in [1.54, 1.807) is 0 Å². The lowest BCUT2D eigenvalue weighted by Crippen LogP contribution is -2.12. The first-order chi connectivity index (χ1) is 7.45. The van der Waals surface area contributed by atoms with Gasteiger partial charge < -0.3 is 15.8 Å². The molecule has 7 heteroatoms. The van der Waals surface area contributed by atoms with Crippen LogP contribution in [0.3, 0.4) is 0 Å². The van der Waals surface area contributed by atoms with Gasteiger partial charge in [0.25, 0.3) is 0 Å². The largest absolute Gasteiger partial charge is 0.417 e. The number of anilines is 2. The Morgan fingerprint density at radius 1 is 1.50 bits per heavy atom. The molecular formula is C9H12F3N3O. The van der Waals surface area contributed by atoms with Gasteiger partial charge >= 0.3 is 6.18 Å². The Morgan fingerprint density at radius 2 is 2.19 bits per heavy atom. The van der Waals surface area contributed by atoms with Gasteiger partial charge in [-0.1, -0.05) is 0 Å². The van der Waals surface area contributed by atoms with Gasteiger partial charge in [0.15, 0.2) is 0 Å². The maximum atomic E-state index is 12.4. The molecule has 0 radical (unpaired) electrons. The standard InChI is InChI=1S/C9H12F3N3O/c1-16-3-2-14-7-4-6(9(10,11)12)5-15-8(7)13/h4-5,14H,2-3H2,1H3,(H2,13,15). The van der Waals surface area contributed by atoms with Gasteiger partial charge in [0.2, 0.25) is 0 Å². The van der Waals surface area contributed by atoms with Crippen LogP contribution in [0.4, 0.5) is 24.7 Å². The number of nitrogens with zero attached hydrogens (tertiary/aromatic N) is 1. The number of halogens is 3. The van der Waals surface area contributed by atoms with E-state index in [1.165, 1.54) is 7.11 Å². The molecule has 16 heavy (non-hydrogen) atoms. The molecule has 0 amide bonds. The number of nitrogen functional groups attached to an aromatic ring is 1. The molecule has 0 aromatic carbocycles. The molecule has 0 atom stereocenters. The molecule has 3 N–H and O–H groups in total. The van der Waals surface area contributed by atoms with Crippen molar-refractivity contribution in [2.24, 2.45) is 0 Å². The second-order valence-corrected chi connectivity index (χ2v) is 3.07. The topological polar surface area (TPSA) is 60.2 Å². The molecule has 1 rings (SSSR count). The average Bonchev–Trinajstić information content (AvgIpc) is 2.19. The van der Waals surface area contributed by atoms with Crippen LogP contribution in [-0.4, -0.2) is 25.2 Å². The van der Waals surface area contributed by atoms with E-state index >= 15 is 0 Å². The van der Waals surface area contributed by atoms with Crippen LogP contribution >= 0.6 is 0 Å². The fraction of sp³-hybridized carbons (Fsp3) is 0.444. The number of ether oxygens (including phenoxy) is 1. The van der Waals surface area contributed by atoms with E-state index in [4.69, 9.17) is 10.5 Å². The van der Waals surface area contributed by atoms with Crippen LogP contribution in [-0.2, 0) is 10.9 Å². The summed E-state index contributed by atoms with van der Waals surface area (Å²) in [7, 11) is 1.50. The molecule has 1 aromatic rings. The lowest BCUT2D eigenvalue weighted by molar-refractivity contribution is -0.137. The SMILES string of the molecule is COCCNc1cc(C(F)(F)F)cnc1N. The Morgan fingerprint density at radius 3 is 2.75 bits per heavy atom. The van der Waals surface area contributed by atoms with Crippen molar-refractivity contribution in [3.8, 4) is 0 Å². The molecule has 0 unspecified atom stereocenters. The van der Waals surface area contributed by atoms with Gasteiger partial charge in [-0.25, -0.2) is 4.98 Å². The van der Waals surface area contributed by atoms with Gasteiger partial charge in [0.1, 0.15) is 5.82 Å². The smallest absolute Gasteiger partial charge is 0.383 e. The van der Waals surface area contributed by atoms with Crippen LogP contribution in [0.25, 0.3) is 0 Å². The number of hydrogen-bond donors (Lipinski definition) is 2. The summed E-state index contributed by atoms with van der Waals surface area (Å²) in [6, 6.07) is 0.929. The number of nitrogens with one attached hydrogen (secondary N) is 1. The van der Waals surface area contributed by atoms with Crippen molar-refractivity contribution in [1.82, 2.24) is 4.98 Å². The lowest BCUT2D eigenvalue weighted by atomic mass is 10.2. The third-order valence-corrected chi connectivity index (χ3v) is 1.87. The van der Waals surface area contributed by atoms with Crippen LogP contribution in [0.5, 0.6) is 0 Å². The van der Waals surface area contributed by atoms with Gasteiger partial charge in [-0.05, 0) is 6.07 Å². The molecule has 0 saturated heterocycles. The Bertz CT molecular complexity index is 354. The number of methoxy groups -OCH3 is 1. The number of rotatable bonds is 4. The van der Waals surface area contributed by atoms with Crippen molar-refractivity contribution in [2.45, 2.75) is 6.18 Å². The Kier molecular flexibility index (Phi) is 3.94. The van der Waals surface area contributed by atoms with Crippen molar-refractivity contribution in [3.63, 3.8) is 0 Å². The average molecular weight is 235 g/mol. The summed E-state index contributed by atoms with van der Waals surface area (Å²) in [5, 5.41) is 2.71. The minimum atomic E-state index is -4.42. The predicted molar refractivity (Wildman–Crippen MR) is 54.0 cm³/mol. The van der Waals surface area contributed by atoms with Crippen molar-refractivity contribution < 1.29 is 17.9 Å². The zero-order valence-corrected chi connectivity index (χ0v) is 8.64. The molecule has 0 saturated carbocycles. The molecule has 0 aliphatic rings. The van der Waals surface area contributed by atoms with Crippen LogP contribution in [0.15, 0.2) is 12.3 Å². The van der Waals surface area contributed by atoms with E-state index in [9.17, 15) is 13.2 Å². The zero-order chi connectivity index (χ0) is 12.2. The molecule has 1 heterocycles. The van der Waals surface area contributed by atoms with Gasteiger partial charge in [-0.3, -0.25) is 0 Å². The van der Waals surface area contributed by atoms with E-state index in [-0.39, 0.29) is 11.5 Å². The summed E-state index contributed by atoms with van der Waals surface area (Å²) in [5.41, 5.74) is 4.76. The van der Waals surface area contributed by atoms with E-state index in [0.717, 1.165) is 6.07 Å². The Balaban J connectivity index is 2.83.